The average molecular weight is 231 g/mol. The number of hydrogen-bond donors (Lipinski definition) is 2. The molecule has 1 saturated heterocycles. The number of hydrogen-bond acceptors (Lipinski definition) is 4. The normalized spacial score (nSPS) is 28.9. The van der Waals surface area contributed by atoms with Crippen LogP contribution in [0.15, 0.2) is 0 Å². The highest BCUT2D eigenvalue weighted by atomic mass is 16.7. The third-order valence-electron chi connectivity index (χ3n) is 2.55. The molecule has 94 valence electrons. The maximum Gasteiger partial charge on any atom is 0.305 e. The molecule has 0 radical (unpaired) electrons. The molecule has 0 saturated carbocycles. The van der Waals surface area contributed by atoms with E-state index in [1.807, 2.05) is 20.9 Å². The number of nitrogens with one attached hydrogen (secondary N) is 1. The van der Waals surface area contributed by atoms with Crippen LogP contribution in [0.25, 0.3) is 0 Å². The number of carbonyl (C=O) groups is 1. The minimum Gasteiger partial charge on any atom is -0.481 e. The van der Waals surface area contributed by atoms with E-state index in [1.165, 1.54) is 0 Å². The Labute approximate surface area is 96.1 Å². The molecule has 0 aromatic carbocycles. The summed E-state index contributed by atoms with van der Waals surface area (Å²) in [7, 11) is 1.89. The van der Waals surface area contributed by atoms with Crippen LogP contribution in [0.5, 0.6) is 0 Å². The number of aliphatic carboxylic acids is 1. The molecule has 1 aliphatic rings. The second-order valence-corrected chi connectivity index (χ2v) is 4.61. The molecule has 0 unspecified atom stereocenters. The van der Waals surface area contributed by atoms with Crippen LogP contribution < -0.4 is 5.32 Å². The molecule has 5 nitrogen and oxygen atoms in total. The zero-order valence-corrected chi connectivity index (χ0v) is 10.2. The van der Waals surface area contributed by atoms with Gasteiger partial charge >= 0.3 is 5.97 Å². The third-order valence-corrected chi connectivity index (χ3v) is 2.55. The predicted octanol–water partition coefficient (Wildman–Crippen LogP) is 0.981. The Kier molecular flexibility index (Phi) is 4.70. The molecule has 0 amide bonds. The summed E-state index contributed by atoms with van der Waals surface area (Å²) >= 11 is 0. The van der Waals surface area contributed by atoms with E-state index in [2.05, 4.69) is 5.32 Å². The van der Waals surface area contributed by atoms with Gasteiger partial charge in [0.15, 0.2) is 5.79 Å². The Hall–Kier alpha value is -0.650. The molecule has 1 aliphatic heterocycles. The van der Waals surface area contributed by atoms with E-state index in [0.717, 1.165) is 13.0 Å². The second-order valence-electron chi connectivity index (χ2n) is 4.61. The Bertz CT molecular complexity index is 242. The highest BCUT2D eigenvalue weighted by molar-refractivity contribution is 5.67. The van der Waals surface area contributed by atoms with Crippen molar-refractivity contribution >= 4 is 5.97 Å². The van der Waals surface area contributed by atoms with E-state index in [1.54, 1.807) is 0 Å². The van der Waals surface area contributed by atoms with Crippen LogP contribution in [0, 0.1) is 0 Å². The van der Waals surface area contributed by atoms with Crippen LogP contribution in [-0.2, 0) is 14.3 Å². The first-order valence-corrected chi connectivity index (χ1v) is 5.65. The van der Waals surface area contributed by atoms with Gasteiger partial charge in [-0.15, -0.1) is 0 Å². The number of ether oxygens (including phenoxy) is 2. The van der Waals surface area contributed by atoms with Gasteiger partial charge < -0.3 is 19.9 Å². The molecule has 1 fully saturated rings. The predicted molar refractivity (Wildman–Crippen MR) is 59.2 cm³/mol. The lowest BCUT2D eigenvalue weighted by molar-refractivity contribution is -0.300. The van der Waals surface area contributed by atoms with Gasteiger partial charge in [-0.3, -0.25) is 4.79 Å². The highest BCUT2D eigenvalue weighted by Gasteiger charge is 2.35. The van der Waals surface area contributed by atoms with Crippen molar-refractivity contribution in [1.82, 2.24) is 5.32 Å². The van der Waals surface area contributed by atoms with Crippen molar-refractivity contribution < 1.29 is 19.4 Å². The largest absolute Gasteiger partial charge is 0.481 e. The van der Waals surface area contributed by atoms with Crippen LogP contribution in [0.1, 0.15) is 33.1 Å². The second kappa shape index (κ2) is 5.61. The highest BCUT2D eigenvalue weighted by Crippen LogP contribution is 2.29. The van der Waals surface area contributed by atoms with Crippen LogP contribution in [0.3, 0.4) is 0 Å². The Morgan fingerprint density at radius 1 is 1.44 bits per heavy atom. The zero-order valence-electron chi connectivity index (χ0n) is 10.2. The molecule has 0 aromatic rings. The van der Waals surface area contributed by atoms with Crippen LogP contribution in [0.4, 0.5) is 0 Å². The summed E-state index contributed by atoms with van der Waals surface area (Å²) in [5, 5.41) is 11.8. The molecule has 0 aromatic heterocycles. The zero-order chi connectivity index (χ0) is 12.2. The number of carboxylic acids is 1. The molecular formula is C11H21NO4. The summed E-state index contributed by atoms with van der Waals surface area (Å²) in [5.74, 6) is -1.51. The summed E-state index contributed by atoms with van der Waals surface area (Å²) in [6.45, 7) is 4.52. The van der Waals surface area contributed by atoms with Crippen molar-refractivity contribution in [3.63, 3.8) is 0 Å². The van der Waals surface area contributed by atoms with Crippen molar-refractivity contribution in [2.45, 2.75) is 51.1 Å². The number of rotatable bonds is 5. The quantitative estimate of drug-likeness (QED) is 0.738. The standard InChI is InChI=1S/C11H21NO4/c1-11(2)15-8(4-5-12-3)6-9(16-11)7-10(13)14/h8-9,12H,4-7H2,1-3H3,(H,13,14)/t8-,9-/m1/s1. The van der Waals surface area contributed by atoms with Crippen molar-refractivity contribution in [2.24, 2.45) is 0 Å². The Morgan fingerprint density at radius 2 is 2.06 bits per heavy atom. The molecule has 2 atom stereocenters. The molecule has 1 rings (SSSR count). The summed E-state index contributed by atoms with van der Waals surface area (Å²) in [5.41, 5.74) is 0. The fraction of sp³-hybridized carbons (Fsp3) is 0.909. The molecule has 5 heteroatoms. The van der Waals surface area contributed by atoms with Crippen molar-refractivity contribution in [1.29, 1.82) is 0 Å². The van der Waals surface area contributed by atoms with Gasteiger partial charge in [-0.05, 0) is 33.9 Å². The van der Waals surface area contributed by atoms with E-state index in [4.69, 9.17) is 14.6 Å². The lowest BCUT2D eigenvalue weighted by Gasteiger charge is -2.40. The first-order valence-electron chi connectivity index (χ1n) is 5.65. The van der Waals surface area contributed by atoms with Crippen LogP contribution in [0.2, 0.25) is 0 Å². The molecule has 2 N–H and O–H groups in total. The van der Waals surface area contributed by atoms with E-state index >= 15 is 0 Å². The van der Waals surface area contributed by atoms with Gasteiger partial charge in [-0.25, -0.2) is 0 Å². The molecule has 16 heavy (non-hydrogen) atoms. The summed E-state index contributed by atoms with van der Waals surface area (Å²) in [6.07, 6.45) is 1.39. The van der Waals surface area contributed by atoms with Gasteiger partial charge in [0.25, 0.3) is 0 Å². The number of carboxylic acid groups (broad SMARTS) is 1. The SMILES string of the molecule is CNCC[C@@H]1C[C@H](CC(=O)O)OC(C)(C)O1. The molecule has 1 heterocycles. The van der Waals surface area contributed by atoms with E-state index in [-0.39, 0.29) is 18.6 Å². The van der Waals surface area contributed by atoms with Crippen molar-refractivity contribution in [3.05, 3.63) is 0 Å². The average Bonchev–Trinajstić information content (AvgIpc) is 2.10. The summed E-state index contributed by atoms with van der Waals surface area (Å²) in [6, 6.07) is 0. The van der Waals surface area contributed by atoms with Crippen molar-refractivity contribution in [3.8, 4) is 0 Å². The lowest BCUT2D eigenvalue weighted by Crippen LogP contribution is -2.45. The van der Waals surface area contributed by atoms with Gasteiger partial charge in [0, 0.05) is 6.42 Å². The monoisotopic (exact) mass is 231 g/mol. The molecule has 0 spiro atoms. The topological polar surface area (TPSA) is 67.8 Å². The van der Waals surface area contributed by atoms with Gasteiger partial charge in [0.05, 0.1) is 18.6 Å². The van der Waals surface area contributed by atoms with Gasteiger partial charge in [0.1, 0.15) is 0 Å². The summed E-state index contributed by atoms with van der Waals surface area (Å²) in [4.78, 5) is 10.7. The van der Waals surface area contributed by atoms with Gasteiger partial charge in [-0.1, -0.05) is 0 Å². The molecule has 0 aliphatic carbocycles. The first kappa shape index (κ1) is 13.4. The Balaban J connectivity index is 2.51. The van der Waals surface area contributed by atoms with E-state index < -0.39 is 11.8 Å². The van der Waals surface area contributed by atoms with Crippen molar-refractivity contribution in [2.75, 3.05) is 13.6 Å². The fourth-order valence-corrected chi connectivity index (χ4v) is 2.02. The van der Waals surface area contributed by atoms with Gasteiger partial charge in [-0.2, -0.15) is 0 Å². The minimum atomic E-state index is -0.824. The third kappa shape index (κ3) is 4.47. The molecular weight excluding hydrogens is 210 g/mol. The lowest BCUT2D eigenvalue weighted by atomic mass is 10.0. The maximum absolute atomic E-state index is 10.7. The maximum atomic E-state index is 10.7. The van der Waals surface area contributed by atoms with Gasteiger partial charge in [0.2, 0.25) is 0 Å². The van der Waals surface area contributed by atoms with Crippen LogP contribution >= 0.6 is 0 Å². The smallest absolute Gasteiger partial charge is 0.305 e. The molecule has 0 bridgehead atoms. The first-order chi connectivity index (χ1) is 7.43. The summed E-state index contributed by atoms with van der Waals surface area (Å²) < 4.78 is 11.3. The van der Waals surface area contributed by atoms with E-state index in [9.17, 15) is 4.79 Å². The van der Waals surface area contributed by atoms with E-state index in [0.29, 0.717) is 6.42 Å². The van der Waals surface area contributed by atoms with Crippen LogP contribution in [-0.4, -0.2) is 42.7 Å². The fourth-order valence-electron chi connectivity index (χ4n) is 2.02. The Morgan fingerprint density at radius 3 is 2.62 bits per heavy atom. The minimum absolute atomic E-state index is 0.0445.